The van der Waals surface area contributed by atoms with Crippen LogP contribution in [-0.4, -0.2) is 40.2 Å². The second kappa shape index (κ2) is 8.02. The second-order valence-electron chi connectivity index (χ2n) is 4.96. The van der Waals surface area contributed by atoms with Gasteiger partial charge >= 0.3 is 0 Å². The molecule has 2 unspecified atom stereocenters. The summed E-state index contributed by atoms with van der Waals surface area (Å²) in [6.07, 6.45) is 3.10. The van der Waals surface area contributed by atoms with Gasteiger partial charge in [-0.2, -0.15) is 5.10 Å². The summed E-state index contributed by atoms with van der Waals surface area (Å²) in [5, 5.41) is 18.0. The van der Waals surface area contributed by atoms with Crippen LogP contribution >= 0.6 is 11.6 Å². The lowest BCUT2D eigenvalue weighted by Crippen LogP contribution is -2.38. The Balaban J connectivity index is 1.65. The van der Waals surface area contributed by atoms with E-state index in [0.717, 1.165) is 6.54 Å². The normalized spacial score (nSPS) is 13.9. The van der Waals surface area contributed by atoms with Gasteiger partial charge in [-0.1, -0.05) is 11.6 Å². The molecule has 0 bridgehead atoms. The molecule has 2 rings (SSSR count). The molecule has 0 aliphatic rings. The van der Waals surface area contributed by atoms with Crippen LogP contribution in [-0.2, 0) is 6.54 Å². The fraction of sp³-hybridized carbons (Fsp3) is 0.400. The minimum atomic E-state index is -0.569. The zero-order valence-corrected chi connectivity index (χ0v) is 12.7. The molecule has 6 heteroatoms. The molecule has 0 fully saturated rings. The predicted molar refractivity (Wildman–Crippen MR) is 82.6 cm³/mol. The summed E-state index contributed by atoms with van der Waals surface area (Å²) >= 11 is 5.80. The van der Waals surface area contributed by atoms with E-state index in [-0.39, 0.29) is 12.6 Å². The topological polar surface area (TPSA) is 59.3 Å². The molecular weight excluding hydrogens is 290 g/mol. The fourth-order valence-corrected chi connectivity index (χ4v) is 2.00. The Hall–Kier alpha value is -1.56. The smallest absolute Gasteiger partial charge is 0.119 e. The minimum Gasteiger partial charge on any atom is -0.491 e. The molecule has 0 spiro atoms. The number of hydrogen-bond donors (Lipinski definition) is 2. The van der Waals surface area contributed by atoms with Gasteiger partial charge in [0.1, 0.15) is 18.5 Å². The molecule has 0 radical (unpaired) electrons. The quantitative estimate of drug-likeness (QED) is 0.782. The number of aliphatic hydroxyl groups excluding tert-OH is 1. The van der Waals surface area contributed by atoms with Gasteiger partial charge in [-0.05, 0) is 37.3 Å². The standard InChI is InChI=1S/C15H20ClN3O2/c1-12(10-19-8-2-7-18-19)17-9-14(20)11-21-15-5-3-13(16)4-6-15/h2-8,12,14,17,20H,9-11H2,1H3. The second-order valence-corrected chi connectivity index (χ2v) is 5.39. The van der Waals surface area contributed by atoms with E-state index in [1.807, 2.05) is 16.9 Å². The predicted octanol–water partition coefficient (Wildman–Crippen LogP) is 1.95. The number of nitrogens with one attached hydrogen (secondary N) is 1. The molecule has 0 saturated carbocycles. The van der Waals surface area contributed by atoms with Gasteiger partial charge in [0.05, 0.1) is 6.54 Å². The van der Waals surface area contributed by atoms with Crippen molar-refractivity contribution in [3.8, 4) is 5.75 Å². The number of aromatic nitrogens is 2. The summed E-state index contributed by atoms with van der Waals surface area (Å²) in [5.41, 5.74) is 0. The van der Waals surface area contributed by atoms with Gasteiger partial charge in [0.15, 0.2) is 0 Å². The lowest BCUT2D eigenvalue weighted by Gasteiger charge is -2.17. The minimum absolute atomic E-state index is 0.218. The summed E-state index contributed by atoms with van der Waals surface area (Å²) in [6.45, 7) is 3.52. The molecule has 21 heavy (non-hydrogen) atoms. The molecule has 0 aliphatic heterocycles. The zero-order valence-electron chi connectivity index (χ0n) is 11.9. The third kappa shape index (κ3) is 5.75. The van der Waals surface area contributed by atoms with Crippen molar-refractivity contribution in [3.63, 3.8) is 0 Å². The average molecular weight is 310 g/mol. The highest BCUT2D eigenvalue weighted by Gasteiger charge is 2.08. The number of benzene rings is 1. The van der Waals surface area contributed by atoms with Crippen LogP contribution in [0.3, 0.4) is 0 Å². The van der Waals surface area contributed by atoms with E-state index < -0.39 is 6.10 Å². The highest BCUT2D eigenvalue weighted by atomic mass is 35.5. The van der Waals surface area contributed by atoms with Crippen LogP contribution in [0, 0.1) is 0 Å². The van der Waals surface area contributed by atoms with Gasteiger partial charge in [0, 0.05) is 30.0 Å². The largest absolute Gasteiger partial charge is 0.491 e. The van der Waals surface area contributed by atoms with Gasteiger partial charge < -0.3 is 15.2 Å². The van der Waals surface area contributed by atoms with Crippen LogP contribution in [0.1, 0.15) is 6.92 Å². The van der Waals surface area contributed by atoms with Gasteiger partial charge in [-0.3, -0.25) is 4.68 Å². The Kier molecular flexibility index (Phi) is 6.04. The molecule has 114 valence electrons. The maximum Gasteiger partial charge on any atom is 0.119 e. The first-order valence-electron chi connectivity index (χ1n) is 6.90. The maximum absolute atomic E-state index is 9.90. The van der Waals surface area contributed by atoms with Gasteiger partial charge in [-0.15, -0.1) is 0 Å². The first-order chi connectivity index (χ1) is 10.1. The van der Waals surface area contributed by atoms with E-state index in [1.165, 1.54) is 0 Å². The molecular formula is C15H20ClN3O2. The van der Waals surface area contributed by atoms with Crippen LogP contribution in [0.5, 0.6) is 5.75 Å². The number of aliphatic hydroxyl groups is 1. The highest BCUT2D eigenvalue weighted by molar-refractivity contribution is 6.30. The van der Waals surface area contributed by atoms with E-state index in [9.17, 15) is 5.11 Å². The molecule has 2 atom stereocenters. The Labute approximate surface area is 129 Å². The molecule has 1 aromatic heterocycles. The van der Waals surface area contributed by atoms with Crippen molar-refractivity contribution in [2.45, 2.75) is 25.6 Å². The number of nitrogens with zero attached hydrogens (tertiary/aromatic N) is 2. The van der Waals surface area contributed by atoms with Gasteiger partial charge in [0.25, 0.3) is 0 Å². The van der Waals surface area contributed by atoms with Crippen molar-refractivity contribution in [3.05, 3.63) is 47.7 Å². The monoisotopic (exact) mass is 309 g/mol. The SMILES string of the molecule is CC(Cn1cccn1)NCC(O)COc1ccc(Cl)cc1. The molecule has 2 N–H and O–H groups in total. The van der Waals surface area contributed by atoms with E-state index in [1.54, 1.807) is 30.5 Å². The highest BCUT2D eigenvalue weighted by Crippen LogP contribution is 2.15. The van der Waals surface area contributed by atoms with Crippen LogP contribution in [0.4, 0.5) is 0 Å². The van der Waals surface area contributed by atoms with E-state index in [0.29, 0.717) is 17.3 Å². The zero-order chi connectivity index (χ0) is 15.1. The number of ether oxygens (including phenoxy) is 1. The Morgan fingerprint density at radius 1 is 1.38 bits per heavy atom. The summed E-state index contributed by atoms with van der Waals surface area (Å²) < 4.78 is 7.35. The summed E-state index contributed by atoms with van der Waals surface area (Å²) in [7, 11) is 0. The first-order valence-corrected chi connectivity index (χ1v) is 7.28. The van der Waals surface area contributed by atoms with Crippen LogP contribution in [0.15, 0.2) is 42.7 Å². The van der Waals surface area contributed by atoms with Crippen LogP contribution in [0.2, 0.25) is 5.02 Å². The number of hydrogen-bond acceptors (Lipinski definition) is 4. The average Bonchev–Trinajstić information content (AvgIpc) is 2.97. The lowest BCUT2D eigenvalue weighted by molar-refractivity contribution is 0.103. The van der Waals surface area contributed by atoms with Crippen molar-refractivity contribution in [1.82, 2.24) is 15.1 Å². The first kappa shape index (κ1) is 15.8. The Morgan fingerprint density at radius 3 is 2.81 bits per heavy atom. The molecule has 0 amide bonds. The molecule has 1 heterocycles. The van der Waals surface area contributed by atoms with Crippen molar-refractivity contribution < 1.29 is 9.84 Å². The lowest BCUT2D eigenvalue weighted by atomic mass is 10.3. The van der Waals surface area contributed by atoms with Crippen LogP contribution < -0.4 is 10.1 Å². The molecule has 5 nitrogen and oxygen atoms in total. The van der Waals surface area contributed by atoms with Crippen molar-refractivity contribution in [2.24, 2.45) is 0 Å². The maximum atomic E-state index is 9.90. The fourth-order valence-electron chi connectivity index (χ4n) is 1.87. The molecule has 0 saturated heterocycles. The van der Waals surface area contributed by atoms with Crippen molar-refractivity contribution >= 4 is 11.6 Å². The van der Waals surface area contributed by atoms with E-state index in [2.05, 4.69) is 17.3 Å². The number of rotatable bonds is 8. The Morgan fingerprint density at radius 2 is 2.14 bits per heavy atom. The van der Waals surface area contributed by atoms with Crippen molar-refractivity contribution in [1.29, 1.82) is 0 Å². The van der Waals surface area contributed by atoms with E-state index in [4.69, 9.17) is 16.3 Å². The third-order valence-corrected chi connectivity index (χ3v) is 3.23. The molecule has 1 aromatic carbocycles. The van der Waals surface area contributed by atoms with Gasteiger partial charge in [0.2, 0.25) is 0 Å². The number of halogens is 1. The van der Waals surface area contributed by atoms with Crippen molar-refractivity contribution in [2.75, 3.05) is 13.2 Å². The summed E-state index contributed by atoms with van der Waals surface area (Å²) in [6, 6.07) is 9.18. The molecule has 0 aliphatic carbocycles. The van der Waals surface area contributed by atoms with E-state index >= 15 is 0 Å². The van der Waals surface area contributed by atoms with Crippen LogP contribution in [0.25, 0.3) is 0 Å². The summed E-state index contributed by atoms with van der Waals surface area (Å²) in [4.78, 5) is 0. The summed E-state index contributed by atoms with van der Waals surface area (Å²) in [5.74, 6) is 0.697. The van der Waals surface area contributed by atoms with Gasteiger partial charge in [-0.25, -0.2) is 0 Å². The Bertz CT molecular complexity index is 516. The third-order valence-electron chi connectivity index (χ3n) is 2.98. The molecule has 2 aromatic rings.